The van der Waals surface area contributed by atoms with Gasteiger partial charge in [-0.2, -0.15) is 0 Å². The maximum atomic E-state index is 11.5. The Balaban J connectivity index is 2.27. The molecule has 0 radical (unpaired) electrons. The molecule has 0 saturated heterocycles. The number of nitrogens with one attached hydrogen (secondary N) is 1. The lowest BCUT2D eigenvalue weighted by Crippen LogP contribution is -2.39. The van der Waals surface area contributed by atoms with Gasteiger partial charge < -0.3 is 5.32 Å². The van der Waals surface area contributed by atoms with Gasteiger partial charge in [0.1, 0.15) is 0 Å². The Kier molecular flexibility index (Phi) is 3.06. The second-order valence-electron chi connectivity index (χ2n) is 3.31. The molecule has 0 spiro atoms. The van der Waals surface area contributed by atoms with Crippen LogP contribution in [0.5, 0.6) is 0 Å². The van der Waals surface area contributed by atoms with Gasteiger partial charge in [-0.15, -0.1) is 0 Å². The Bertz CT molecular complexity index is 140. The van der Waals surface area contributed by atoms with Crippen molar-refractivity contribution in [3.8, 4) is 0 Å². The van der Waals surface area contributed by atoms with Crippen LogP contribution >= 0.6 is 0 Å². The highest BCUT2D eigenvalue weighted by atomic mass is 16.1. The van der Waals surface area contributed by atoms with Gasteiger partial charge in [0.25, 0.3) is 0 Å². The van der Waals surface area contributed by atoms with Gasteiger partial charge in [0.2, 0.25) is 0 Å². The Labute approximate surface area is 68.4 Å². The third kappa shape index (κ3) is 2.03. The molecule has 2 heteroatoms. The molecule has 11 heavy (non-hydrogen) atoms. The summed E-state index contributed by atoms with van der Waals surface area (Å²) < 4.78 is 0. The molecule has 2 nitrogen and oxygen atoms in total. The smallest absolute Gasteiger partial charge is 0.152 e. The minimum absolute atomic E-state index is 0.0744. The molecule has 1 aliphatic carbocycles. The molecule has 0 aromatic rings. The fourth-order valence-electron chi connectivity index (χ4n) is 1.45. The van der Waals surface area contributed by atoms with Gasteiger partial charge >= 0.3 is 0 Å². The van der Waals surface area contributed by atoms with E-state index in [2.05, 4.69) is 5.32 Å². The number of carbonyl (C=O) groups excluding carboxylic acids is 1. The summed E-state index contributed by atoms with van der Waals surface area (Å²) >= 11 is 0. The Hall–Kier alpha value is -0.370. The highest BCUT2D eigenvalue weighted by Gasteiger charge is 2.28. The molecular weight excluding hydrogens is 138 g/mol. The summed E-state index contributed by atoms with van der Waals surface area (Å²) in [5, 5.41) is 3.14. The van der Waals surface area contributed by atoms with Gasteiger partial charge in [-0.25, -0.2) is 0 Å². The molecule has 1 aliphatic rings. The van der Waals surface area contributed by atoms with Crippen molar-refractivity contribution in [1.29, 1.82) is 0 Å². The van der Waals surface area contributed by atoms with E-state index in [0.29, 0.717) is 11.7 Å². The van der Waals surface area contributed by atoms with Crippen LogP contribution in [0.1, 0.15) is 33.1 Å². The maximum Gasteiger partial charge on any atom is 0.152 e. The minimum Gasteiger partial charge on any atom is -0.308 e. The zero-order valence-corrected chi connectivity index (χ0v) is 7.39. The highest BCUT2D eigenvalue weighted by molar-refractivity contribution is 5.86. The first-order valence-corrected chi connectivity index (χ1v) is 4.52. The van der Waals surface area contributed by atoms with Gasteiger partial charge in [0, 0.05) is 5.92 Å². The van der Waals surface area contributed by atoms with Crippen molar-refractivity contribution in [2.75, 3.05) is 6.54 Å². The van der Waals surface area contributed by atoms with E-state index in [-0.39, 0.29) is 6.04 Å². The number of carbonyl (C=O) groups is 1. The SMILES string of the molecule is CCNC(C)C(=O)C1CCC1. The number of ketones is 1. The quantitative estimate of drug-likeness (QED) is 0.664. The lowest BCUT2D eigenvalue weighted by Gasteiger charge is -2.26. The van der Waals surface area contributed by atoms with E-state index in [1.807, 2.05) is 13.8 Å². The van der Waals surface area contributed by atoms with Gasteiger partial charge in [-0.3, -0.25) is 4.79 Å². The van der Waals surface area contributed by atoms with E-state index in [4.69, 9.17) is 0 Å². The molecule has 0 aliphatic heterocycles. The van der Waals surface area contributed by atoms with Crippen LogP contribution in [0.25, 0.3) is 0 Å². The van der Waals surface area contributed by atoms with Crippen molar-refractivity contribution in [3.63, 3.8) is 0 Å². The van der Waals surface area contributed by atoms with Crippen LogP contribution in [0.4, 0.5) is 0 Å². The van der Waals surface area contributed by atoms with E-state index in [1.54, 1.807) is 0 Å². The lowest BCUT2D eigenvalue weighted by molar-refractivity contribution is -0.126. The molecular formula is C9H17NO. The van der Waals surface area contributed by atoms with Crippen LogP contribution in [0, 0.1) is 5.92 Å². The fraction of sp³-hybridized carbons (Fsp3) is 0.889. The van der Waals surface area contributed by atoms with E-state index in [0.717, 1.165) is 19.4 Å². The van der Waals surface area contributed by atoms with Crippen molar-refractivity contribution in [3.05, 3.63) is 0 Å². The summed E-state index contributed by atoms with van der Waals surface area (Å²) in [6.45, 7) is 4.88. The average molecular weight is 155 g/mol. The zero-order chi connectivity index (χ0) is 8.27. The van der Waals surface area contributed by atoms with Crippen LogP contribution in [0.2, 0.25) is 0 Å². The second kappa shape index (κ2) is 3.86. The van der Waals surface area contributed by atoms with Gasteiger partial charge in [0.15, 0.2) is 5.78 Å². The molecule has 0 amide bonds. The Morgan fingerprint density at radius 1 is 1.64 bits per heavy atom. The van der Waals surface area contributed by atoms with Gasteiger partial charge in [-0.05, 0) is 26.3 Å². The van der Waals surface area contributed by atoms with Crippen LogP contribution in [-0.4, -0.2) is 18.4 Å². The monoisotopic (exact) mass is 155 g/mol. The normalized spacial score (nSPS) is 20.9. The van der Waals surface area contributed by atoms with Crippen molar-refractivity contribution >= 4 is 5.78 Å². The summed E-state index contributed by atoms with van der Waals surface area (Å²) in [7, 11) is 0. The largest absolute Gasteiger partial charge is 0.308 e. The molecule has 64 valence electrons. The Morgan fingerprint density at radius 3 is 2.64 bits per heavy atom. The standard InChI is InChI=1S/C9H17NO/c1-3-10-7(2)9(11)8-5-4-6-8/h7-8,10H,3-6H2,1-2H3. The summed E-state index contributed by atoms with van der Waals surface area (Å²) in [5.41, 5.74) is 0. The molecule has 1 rings (SSSR count). The van der Waals surface area contributed by atoms with Crippen molar-refractivity contribution < 1.29 is 4.79 Å². The molecule has 1 fully saturated rings. The average Bonchev–Trinajstić information content (AvgIpc) is 1.84. The van der Waals surface area contributed by atoms with Gasteiger partial charge in [-0.1, -0.05) is 13.3 Å². The molecule has 0 heterocycles. The van der Waals surface area contributed by atoms with E-state index < -0.39 is 0 Å². The second-order valence-corrected chi connectivity index (χ2v) is 3.31. The van der Waals surface area contributed by atoms with Crippen molar-refractivity contribution in [1.82, 2.24) is 5.32 Å². The van der Waals surface area contributed by atoms with Crippen molar-refractivity contribution in [2.45, 2.75) is 39.2 Å². The third-order valence-electron chi connectivity index (χ3n) is 2.44. The molecule has 1 atom stereocenters. The third-order valence-corrected chi connectivity index (χ3v) is 2.44. The topological polar surface area (TPSA) is 29.1 Å². The molecule has 0 aromatic heterocycles. The highest BCUT2D eigenvalue weighted by Crippen LogP contribution is 2.27. The van der Waals surface area contributed by atoms with Gasteiger partial charge in [0.05, 0.1) is 6.04 Å². The Morgan fingerprint density at radius 2 is 2.27 bits per heavy atom. The first-order chi connectivity index (χ1) is 5.25. The van der Waals surface area contributed by atoms with Crippen LogP contribution in [0.3, 0.4) is 0 Å². The fourth-order valence-corrected chi connectivity index (χ4v) is 1.45. The maximum absolute atomic E-state index is 11.5. The number of hydrogen-bond donors (Lipinski definition) is 1. The predicted octanol–water partition coefficient (Wildman–Crippen LogP) is 1.35. The number of rotatable bonds is 4. The molecule has 1 saturated carbocycles. The zero-order valence-electron chi connectivity index (χ0n) is 7.39. The first kappa shape index (κ1) is 8.72. The molecule has 1 unspecified atom stereocenters. The number of likely N-dealkylation sites (N-methyl/N-ethyl adjacent to an activating group) is 1. The van der Waals surface area contributed by atoms with Crippen LogP contribution in [0.15, 0.2) is 0 Å². The molecule has 0 bridgehead atoms. The summed E-state index contributed by atoms with van der Waals surface area (Å²) in [6, 6.07) is 0.0744. The van der Waals surface area contributed by atoms with Crippen LogP contribution in [-0.2, 0) is 4.79 Å². The summed E-state index contributed by atoms with van der Waals surface area (Å²) in [6.07, 6.45) is 3.48. The lowest BCUT2D eigenvalue weighted by atomic mass is 9.80. The first-order valence-electron chi connectivity index (χ1n) is 4.52. The van der Waals surface area contributed by atoms with E-state index >= 15 is 0 Å². The number of hydrogen-bond acceptors (Lipinski definition) is 2. The van der Waals surface area contributed by atoms with Crippen molar-refractivity contribution in [2.24, 2.45) is 5.92 Å². The molecule has 0 aromatic carbocycles. The van der Waals surface area contributed by atoms with Crippen LogP contribution < -0.4 is 5.32 Å². The summed E-state index contributed by atoms with van der Waals surface area (Å²) in [5.74, 6) is 0.794. The van der Waals surface area contributed by atoms with E-state index in [9.17, 15) is 4.79 Å². The predicted molar refractivity (Wildman–Crippen MR) is 45.5 cm³/mol. The molecule has 1 N–H and O–H groups in total. The van der Waals surface area contributed by atoms with E-state index in [1.165, 1.54) is 6.42 Å². The minimum atomic E-state index is 0.0744. The number of Topliss-reactive ketones (excluding diaryl/α,β-unsaturated/α-hetero) is 1. The summed E-state index contributed by atoms with van der Waals surface area (Å²) in [4.78, 5) is 11.5.